The topological polar surface area (TPSA) is 214 Å². The molecule has 0 radical (unpaired) electrons. The van der Waals surface area contributed by atoms with Crippen LogP contribution >= 0.6 is 25.3 Å². The molecule has 0 spiro atoms. The Kier molecular flexibility index (Phi) is 12.2. The fourth-order valence-corrected chi connectivity index (χ4v) is 2.34. The van der Waals surface area contributed by atoms with Gasteiger partial charge in [-0.05, 0) is 6.42 Å². The lowest BCUT2D eigenvalue weighted by atomic mass is 10.1. The molecule has 0 aliphatic rings. The van der Waals surface area contributed by atoms with E-state index in [2.05, 4.69) is 35.9 Å². The first kappa shape index (κ1) is 26.0. The van der Waals surface area contributed by atoms with E-state index in [1.54, 1.807) is 0 Å². The number of hydrogen-bond acceptors (Lipinski definition) is 9. The first-order valence-electron chi connectivity index (χ1n) is 8.07. The molecule has 0 aliphatic heterocycles. The zero-order chi connectivity index (χ0) is 21.9. The summed E-state index contributed by atoms with van der Waals surface area (Å²) in [4.78, 5) is 57.9. The number of carboxylic acid groups (broad SMARTS) is 1. The van der Waals surface area contributed by atoms with Crippen LogP contribution in [0.15, 0.2) is 0 Å². The van der Waals surface area contributed by atoms with E-state index in [0.717, 1.165) is 0 Å². The first-order valence-corrected chi connectivity index (χ1v) is 9.34. The lowest BCUT2D eigenvalue weighted by molar-refractivity contribution is -0.143. The van der Waals surface area contributed by atoms with Crippen LogP contribution in [0.4, 0.5) is 0 Å². The quantitative estimate of drug-likeness (QED) is 0.128. The predicted octanol–water partition coefficient (Wildman–Crippen LogP) is -4.03. The van der Waals surface area contributed by atoms with E-state index in [0.29, 0.717) is 0 Å². The molecule has 0 aromatic heterocycles. The number of nitrogens with one attached hydrogen (secondary N) is 3. The maximum absolute atomic E-state index is 12.3. The van der Waals surface area contributed by atoms with Crippen LogP contribution in [-0.4, -0.2) is 82.1 Å². The lowest BCUT2D eigenvalue weighted by Gasteiger charge is -2.23. The minimum Gasteiger partial charge on any atom is -0.480 e. The first-order chi connectivity index (χ1) is 13.1. The number of hydrogen-bond donors (Lipinski definition) is 9. The van der Waals surface area contributed by atoms with E-state index in [4.69, 9.17) is 21.7 Å². The fraction of sp³-hybridized carbons (Fsp3) is 0.643. The highest BCUT2D eigenvalue weighted by molar-refractivity contribution is 7.80. The van der Waals surface area contributed by atoms with Gasteiger partial charge in [-0.1, -0.05) is 0 Å². The van der Waals surface area contributed by atoms with Crippen LogP contribution < -0.4 is 27.4 Å². The van der Waals surface area contributed by atoms with Crippen molar-refractivity contribution in [2.75, 3.05) is 18.1 Å². The van der Waals surface area contributed by atoms with Crippen molar-refractivity contribution in [3.8, 4) is 0 Å². The molecule has 12 nitrogen and oxygen atoms in total. The van der Waals surface area contributed by atoms with Gasteiger partial charge in [-0.3, -0.25) is 19.2 Å². The van der Waals surface area contributed by atoms with Gasteiger partial charge in [0.25, 0.3) is 0 Å². The third kappa shape index (κ3) is 9.25. The molecule has 0 bridgehead atoms. The molecule has 0 aromatic rings. The predicted molar refractivity (Wildman–Crippen MR) is 105 cm³/mol. The van der Waals surface area contributed by atoms with Crippen molar-refractivity contribution in [1.82, 2.24) is 16.0 Å². The Morgan fingerprint density at radius 2 is 1.29 bits per heavy atom. The van der Waals surface area contributed by atoms with Crippen molar-refractivity contribution < 1.29 is 34.2 Å². The largest absolute Gasteiger partial charge is 0.480 e. The molecule has 160 valence electrons. The Morgan fingerprint density at radius 3 is 1.64 bits per heavy atom. The minimum atomic E-state index is -1.55. The lowest BCUT2D eigenvalue weighted by Crippen LogP contribution is -2.58. The van der Waals surface area contributed by atoms with E-state index in [9.17, 15) is 24.0 Å². The van der Waals surface area contributed by atoms with Crippen molar-refractivity contribution in [2.45, 2.75) is 37.0 Å². The number of aliphatic hydroxyl groups is 1. The van der Waals surface area contributed by atoms with E-state index in [-0.39, 0.29) is 24.3 Å². The second-order valence-electron chi connectivity index (χ2n) is 5.68. The van der Waals surface area contributed by atoms with E-state index < -0.39 is 60.4 Å². The number of carbonyl (C=O) groups is 5. The number of thiol groups is 2. The van der Waals surface area contributed by atoms with Crippen LogP contribution in [0.3, 0.4) is 0 Å². The third-order valence-electron chi connectivity index (χ3n) is 3.47. The molecule has 4 unspecified atom stereocenters. The van der Waals surface area contributed by atoms with Crippen LogP contribution in [-0.2, 0) is 24.0 Å². The molecule has 14 heteroatoms. The summed E-state index contributed by atoms with van der Waals surface area (Å²) in [6.45, 7) is -0.840. The number of aliphatic hydroxyl groups excluding tert-OH is 1. The molecular weight excluding hydrogens is 414 g/mol. The molecule has 0 saturated carbocycles. The molecular formula is C14H25N5O7S2. The summed E-state index contributed by atoms with van der Waals surface area (Å²) in [5, 5.41) is 24.4. The van der Waals surface area contributed by atoms with Crippen LogP contribution in [0.2, 0.25) is 0 Å². The minimum absolute atomic E-state index is 0.0124. The van der Waals surface area contributed by atoms with Crippen molar-refractivity contribution >= 4 is 54.9 Å². The highest BCUT2D eigenvalue weighted by Crippen LogP contribution is 1.99. The van der Waals surface area contributed by atoms with E-state index >= 15 is 0 Å². The second-order valence-corrected chi connectivity index (χ2v) is 6.41. The average molecular weight is 440 g/mol. The molecule has 9 N–H and O–H groups in total. The summed E-state index contributed by atoms with van der Waals surface area (Å²) in [6, 6.07) is -5.01. The van der Waals surface area contributed by atoms with Crippen LogP contribution in [0, 0.1) is 0 Å². The van der Waals surface area contributed by atoms with Gasteiger partial charge in [-0.15, -0.1) is 0 Å². The number of nitrogens with two attached hydrogens (primary N) is 2. The molecule has 0 aliphatic carbocycles. The number of amides is 4. The molecule has 4 atom stereocenters. The zero-order valence-corrected chi connectivity index (χ0v) is 16.6. The smallest absolute Gasteiger partial charge is 0.328 e. The summed E-state index contributed by atoms with van der Waals surface area (Å²) >= 11 is 7.89. The maximum atomic E-state index is 12.3. The number of rotatable bonds is 13. The van der Waals surface area contributed by atoms with Gasteiger partial charge in [0, 0.05) is 17.9 Å². The summed E-state index contributed by atoms with van der Waals surface area (Å²) in [5.41, 5.74) is 10.6. The Hall–Kier alpha value is -2.03. The van der Waals surface area contributed by atoms with Crippen LogP contribution in [0.1, 0.15) is 12.8 Å². The fourth-order valence-electron chi connectivity index (χ4n) is 1.83. The number of carbonyl (C=O) groups excluding carboxylic acids is 4. The molecule has 0 aromatic carbocycles. The third-order valence-corrected chi connectivity index (χ3v) is 4.20. The second kappa shape index (κ2) is 13.2. The Bertz CT molecular complexity index is 592. The molecule has 0 heterocycles. The molecule has 28 heavy (non-hydrogen) atoms. The summed E-state index contributed by atoms with van der Waals surface area (Å²) < 4.78 is 0. The molecule has 0 saturated heterocycles. The van der Waals surface area contributed by atoms with Gasteiger partial charge in [-0.2, -0.15) is 25.3 Å². The zero-order valence-electron chi connectivity index (χ0n) is 14.8. The average Bonchev–Trinajstić information content (AvgIpc) is 2.65. The number of aliphatic carboxylic acids is 1. The normalized spacial score (nSPS) is 14.9. The van der Waals surface area contributed by atoms with Gasteiger partial charge in [0.15, 0.2) is 0 Å². The SMILES string of the molecule is NC(=O)CCC(N)C(=O)NC(CS)C(=O)NC(CS)C(=O)NC(CO)C(=O)O. The van der Waals surface area contributed by atoms with Crippen LogP contribution in [0.5, 0.6) is 0 Å². The number of carboxylic acids is 1. The van der Waals surface area contributed by atoms with Gasteiger partial charge in [0.2, 0.25) is 23.6 Å². The van der Waals surface area contributed by atoms with Crippen molar-refractivity contribution in [1.29, 1.82) is 0 Å². The van der Waals surface area contributed by atoms with E-state index in [1.165, 1.54) is 0 Å². The summed E-state index contributed by atoms with van der Waals surface area (Å²) in [5.74, 6) is -4.77. The molecule has 4 amide bonds. The highest BCUT2D eigenvalue weighted by Gasteiger charge is 2.29. The van der Waals surface area contributed by atoms with E-state index in [1.807, 2.05) is 5.32 Å². The van der Waals surface area contributed by atoms with Gasteiger partial charge in [0.1, 0.15) is 18.1 Å². The Morgan fingerprint density at radius 1 is 0.857 bits per heavy atom. The van der Waals surface area contributed by atoms with Crippen molar-refractivity contribution in [3.63, 3.8) is 0 Å². The van der Waals surface area contributed by atoms with Crippen LogP contribution in [0.25, 0.3) is 0 Å². The maximum Gasteiger partial charge on any atom is 0.328 e. The van der Waals surface area contributed by atoms with Crippen molar-refractivity contribution in [3.05, 3.63) is 0 Å². The number of primary amides is 1. The Balaban J connectivity index is 4.86. The summed E-state index contributed by atoms with van der Waals surface area (Å²) in [7, 11) is 0. The monoisotopic (exact) mass is 439 g/mol. The highest BCUT2D eigenvalue weighted by atomic mass is 32.1. The van der Waals surface area contributed by atoms with Crippen molar-refractivity contribution in [2.24, 2.45) is 11.5 Å². The van der Waals surface area contributed by atoms with Gasteiger partial charge in [-0.25, -0.2) is 4.79 Å². The molecule has 0 fully saturated rings. The Labute approximate surface area is 172 Å². The van der Waals surface area contributed by atoms with Gasteiger partial charge >= 0.3 is 5.97 Å². The molecule has 0 rings (SSSR count). The van der Waals surface area contributed by atoms with Gasteiger partial charge < -0.3 is 37.6 Å². The summed E-state index contributed by atoms with van der Waals surface area (Å²) in [6.07, 6.45) is -0.120. The van der Waals surface area contributed by atoms with Gasteiger partial charge in [0.05, 0.1) is 12.6 Å². The standard InChI is InChI=1S/C14H25N5O7S2/c15-6(1-2-10(16)21)11(22)18-8(4-27)13(24)19-9(5-28)12(23)17-7(3-20)14(25)26/h6-9,20,27-28H,1-5,15H2,(H2,16,21)(H,17,23)(H,18,22)(H,19,24)(H,25,26).